The molecule has 1 aliphatic carbocycles. The van der Waals surface area contributed by atoms with Gasteiger partial charge < -0.3 is 10.6 Å². The summed E-state index contributed by atoms with van der Waals surface area (Å²) >= 11 is 7.54. The number of nitrogens with one attached hydrogen (secondary N) is 2. The maximum atomic E-state index is 12.4. The number of fused-ring (bicyclic) bond motifs is 1. The first-order valence-corrected chi connectivity index (χ1v) is 11.1. The third-order valence-electron chi connectivity index (χ3n) is 5.28. The zero-order chi connectivity index (χ0) is 21.4. The Morgan fingerprint density at radius 2 is 2.16 bits per heavy atom. The highest BCUT2D eigenvalue weighted by Gasteiger charge is 2.26. The molecule has 2 aromatic heterocycles. The number of halogens is 1. The van der Waals surface area contributed by atoms with Crippen molar-refractivity contribution in [1.82, 2.24) is 14.9 Å². The third kappa shape index (κ3) is 4.22. The lowest BCUT2D eigenvalue weighted by atomic mass is 9.85. The number of thioether (sulfide) groups is 1. The third-order valence-corrected chi connectivity index (χ3v) is 6.51. The maximum Gasteiger partial charge on any atom is 0.264 e. The summed E-state index contributed by atoms with van der Waals surface area (Å²) in [5, 5.41) is 10.7. The predicted octanol–water partition coefficient (Wildman–Crippen LogP) is 4.62. The molecule has 5 rings (SSSR count). The van der Waals surface area contributed by atoms with Crippen LogP contribution in [0.3, 0.4) is 0 Å². The number of hydrogen-bond acceptors (Lipinski definition) is 5. The molecule has 1 aromatic carbocycles. The molecule has 0 radical (unpaired) electrons. The molecule has 0 unspecified atom stereocenters. The molecule has 2 aliphatic rings. The first kappa shape index (κ1) is 19.8. The zero-order valence-corrected chi connectivity index (χ0v) is 17.9. The minimum Gasteiger partial charge on any atom is -0.326 e. The van der Waals surface area contributed by atoms with Crippen LogP contribution in [-0.2, 0) is 9.59 Å². The Morgan fingerprint density at radius 1 is 1.29 bits per heavy atom. The van der Waals surface area contributed by atoms with Gasteiger partial charge in [0, 0.05) is 24.0 Å². The zero-order valence-electron chi connectivity index (χ0n) is 16.3. The van der Waals surface area contributed by atoms with Crippen LogP contribution in [0, 0.1) is 5.92 Å². The molecule has 1 saturated heterocycles. The van der Waals surface area contributed by atoms with Gasteiger partial charge in [0.2, 0.25) is 5.91 Å². The molecular weight excluding hydrogens is 434 g/mol. The Hall–Kier alpha value is -3.10. The molecule has 156 valence electrons. The van der Waals surface area contributed by atoms with Crippen LogP contribution in [0.2, 0.25) is 5.02 Å². The number of anilines is 1. The second kappa shape index (κ2) is 8.20. The quantitative estimate of drug-likeness (QED) is 0.566. The lowest BCUT2D eigenvalue weighted by Crippen LogP contribution is -2.27. The van der Waals surface area contributed by atoms with Gasteiger partial charge in [0.05, 0.1) is 21.1 Å². The predicted molar refractivity (Wildman–Crippen MR) is 123 cm³/mol. The first-order valence-electron chi connectivity index (χ1n) is 9.88. The van der Waals surface area contributed by atoms with Crippen molar-refractivity contribution >= 4 is 63.3 Å². The number of amides is 2. The number of hydrogen-bond donors (Lipinski definition) is 2. The largest absolute Gasteiger partial charge is 0.326 e. The van der Waals surface area contributed by atoms with Crippen molar-refractivity contribution in [3.8, 4) is 0 Å². The summed E-state index contributed by atoms with van der Waals surface area (Å²) in [6.07, 6.45) is 8.34. The summed E-state index contributed by atoms with van der Waals surface area (Å²) in [5.41, 5.74) is 2.96. The summed E-state index contributed by atoms with van der Waals surface area (Å²) in [6.45, 7) is 0. The van der Waals surface area contributed by atoms with Crippen LogP contribution in [0.25, 0.3) is 11.6 Å². The van der Waals surface area contributed by atoms with Crippen molar-refractivity contribution in [3.63, 3.8) is 0 Å². The van der Waals surface area contributed by atoms with Gasteiger partial charge in [-0.15, -0.1) is 0 Å². The van der Waals surface area contributed by atoms with Gasteiger partial charge in [0.25, 0.3) is 5.91 Å². The maximum absolute atomic E-state index is 12.4. The smallest absolute Gasteiger partial charge is 0.264 e. The fourth-order valence-corrected chi connectivity index (χ4v) is 4.36. The van der Waals surface area contributed by atoms with E-state index in [1.807, 2.05) is 30.5 Å². The Kier molecular flexibility index (Phi) is 5.25. The van der Waals surface area contributed by atoms with E-state index in [1.165, 1.54) is 11.8 Å². The monoisotopic (exact) mass is 451 g/mol. The number of aliphatic imine (C=N–C) groups is 1. The van der Waals surface area contributed by atoms with Crippen LogP contribution >= 0.6 is 23.4 Å². The number of amidine groups is 1. The highest BCUT2D eigenvalue weighted by Crippen LogP contribution is 2.34. The number of pyridine rings is 1. The van der Waals surface area contributed by atoms with Crippen LogP contribution < -0.4 is 10.6 Å². The molecule has 0 spiro atoms. The fraction of sp³-hybridized carbons (Fsp3) is 0.182. The normalized spacial score (nSPS) is 19.1. The van der Waals surface area contributed by atoms with Crippen LogP contribution in [0.5, 0.6) is 0 Å². The van der Waals surface area contributed by atoms with E-state index in [1.54, 1.807) is 28.9 Å². The van der Waals surface area contributed by atoms with E-state index in [4.69, 9.17) is 11.6 Å². The number of rotatable bonds is 4. The second-order valence-corrected chi connectivity index (χ2v) is 8.86. The molecule has 1 aliphatic heterocycles. The lowest BCUT2D eigenvalue weighted by molar-refractivity contribution is -0.122. The van der Waals surface area contributed by atoms with Gasteiger partial charge in [0.1, 0.15) is 0 Å². The summed E-state index contributed by atoms with van der Waals surface area (Å²) in [7, 11) is 0. The van der Waals surface area contributed by atoms with Crippen LogP contribution in [0.15, 0.2) is 58.7 Å². The Bertz CT molecular complexity index is 1260. The lowest BCUT2D eigenvalue weighted by Gasteiger charge is -2.24. The molecule has 7 nitrogen and oxygen atoms in total. The van der Waals surface area contributed by atoms with E-state index in [0.717, 1.165) is 30.3 Å². The summed E-state index contributed by atoms with van der Waals surface area (Å²) in [6, 6.07) is 10.9. The average molecular weight is 452 g/mol. The summed E-state index contributed by atoms with van der Waals surface area (Å²) in [4.78, 5) is 29.7. The van der Waals surface area contributed by atoms with E-state index in [0.29, 0.717) is 26.5 Å². The minimum absolute atomic E-state index is 0.0242. The van der Waals surface area contributed by atoms with Crippen molar-refractivity contribution in [2.24, 2.45) is 10.9 Å². The second-order valence-electron chi connectivity index (χ2n) is 7.43. The van der Waals surface area contributed by atoms with E-state index >= 15 is 0 Å². The summed E-state index contributed by atoms with van der Waals surface area (Å²) in [5.74, 6) is -0.108. The molecule has 9 heteroatoms. The van der Waals surface area contributed by atoms with Gasteiger partial charge >= 0.3 is 0 Å². The van der Waals surface area contributed by atoms with E-state index in [9.17, 15) is 9.59 Å². The molecule has 2 fully saturated rings. The molecule has 1 saturated carbocycles. The van der Waals surface area contributed by atoms with Crippen molar-refractivity contribution in [2.45, 2.75) is 19.3 Å². The number of nitrogens with zero attached hydrogens (tertiary/aromatic N) is 3. The molecule has 3 aromatic rings. The van der Waals surface area contributed by atoms with Crippen LogP contribution in [-0.4, -0.2) is 26.6 Å². The molecule has 0 bridgehead atoms. The summed E-state index contributed by atoms with van der Waals surface area (Å²) < 4.78 is 1.76. The molecule has 2 amide bonds. The Morgan fingerprint density at radius 3 is 2.97 bits per heavy atom. The van der Waals surface area contributed by atoms with Crippen molar-refractivity contribution < 1.29 is 9.59 Å². The van der Waals surface area contributed by atoms with Crippen molar-refractivity contribution in [3.05, 3.63) is 64.3 Å². The highest BCUT2D eigenvalue weighted by atomic mass is 35.5. The van der Waals surface area contributed by atoms with E-state index in [2.05, 4.69) is 20.7 Å². The van der Waals surface area contributed by atoms with Crippen LogP contribution in [0.1, 0.15) is 24.8 Å². The van der Waals surface area contributed by atoms with Gasteiger partial charge in [-0.3, -0.25) is 9.59 Å². The molecule has 2 N–H and O–H groups in total. The van der Waals surface area contributed by atoms with Crippen molar-refractivity contribution in [2.75, 3.05) is 5.32 Å². The SMILES string of the molecule is O=C1NC(=Nc2cc(NC(=O)C3CCC3)ccc2Cl)S/C1=C/c1ccn2nccc2c1. The Labute approximate surface area is 187 Å². The van der Waals surface area contributed by atoms with E-state index < -0.39 is 0 Å². The average Bonchev–Trinajstić information content (AvgIpc) is 3.29. The number of benzene rings is 1. The number of carbonyl (C=O) groups excluding carboxylic acids is 2. The molecule has 0 atom stereocenters. The topological polar surface area (TPSA) is 87.9 Å². The minimum atomic E-state index is -0.220. The first-order chi connectivity index (χ1) is 15.0. The molecule has 31 heavy (non-hydrogen) atoms. The van der Waals surface area contributed by atoms with Gasteiger partial charge in [-0.2, -0.15) is 5.10 Å². The Balaban J connectivity index is 1.35. The standard InChI is InChI=1S/C22H18ClN5O2S/c23-17-5-4-15(25-20(29)14-2-1-3-14)12-18(17)26-22-27-21(30)19(31-22)11-13-7-9-28-16(10-13)6-8-24-28/h4-12,14H,1-3H2,(H,25,29)(H,26,27,30)/b19-11+. The van der Waals surface area contributed by atoms with Gasteiger partial charge in [-0.25, -0.2) is 9.51 Å². The molecule has 3 heterocycles. The van der Waals surface area contributed by atoms with Gasteiger partial charge in [-0.05, 0) is 72.6 Å². The fourth-order valence-electron chi connectivity index (χ4n) is 3.36. The number of carbonyl (C=O) groups is 2. The van der Waals surface area contributed by atoms with E-state index in [-0.39, 0.29) is 17.7 Å². The van der Waals surface area contributed by atoms with Crippen LogP contribution in [0.4, 0.5) is 11.4 Å². The highest BCUT2D eigenvalue weighted by molar-refractivity contribution is 8.18. The van der Waals surface area contributed by atoms with Gasteiger partial charge in [-0.1, -0.05) is 18.0 Å². The molecular formula is C22H18ClN5O2S. The number of aromatic nitrogens is 2. The van der Waals surface area contributed by atoms with Gasteiger partial charge in [0.15, 0.2) is 5.17 Å². The van der Waals surface area contributed by atoms with Crippen molar-refractivity contribution in [1.29, 1.82) is 0 Å².